The zero-order valence-corrected chi connectivity index (χ0v) is 20.4. The lowest BCUT2D eigenvalue weighted by molar-refractivity contribution is -0.118. The standard InChI is InChI=1S/C26H20BrFN4O3/c1-15-3-8-21-22(9-15)32-26(31-21)17(13-29)10-16-11-20(27)25(23(12-16)34-2)35-14-24(33)30-19-6-4-18(28)5-7-19/h3-12H,14H2,1-2H3,(H,30,33)(H,31,32)/b17-10-. The minimum absolute atomic E-state index is 0.288. The number of nitrogens with one attached hydrogen (secondary N) is 2. The lowest BCUT2D eigenvalue weighted by Crippen LogP contribution is -2.20. The molecule has 0 aliphatic rings. The number of halogens is 2. The first-order chi connectivity index (χ1) is 16.9. The molecular weight excluding hydrogens is 515 g/mol. The molecule has 0 saturated heterocycles. The topological polar surface area (TPSA) is 100 Å². The van der Waals surface area contributed by atoms with Crippen LogP contribution in [0.3, 0.4) is 0 Å². The number of benzene rings is 3. The van der Waals surface area contributed by atoms with Crippen molar-refractivity contribution in [2.75, 3.05) is 19.0 Å². The molecule has 35 heavy (non-hydrogen) atoms. The summed E-state index contributed by atoms with van der Waals surface area (Å²) >= 11 is 3.45. The molecule has 0 aliphatic heterocycles. The maximum absolute atomic E-state index is 13.0. The van der Waals surface area contributed by atoms with E-state index in [9.17, 15) is 14.4 Å². The van der Waals surface area contributed by atoms with Gasteiger partial charge in [-0.25, -0.2) is 9.37 Å². The number of nitriles is 1. The second kappa shape index (κ2) is 10.4. The third-order valence-corrected chi connectivity index (χ3v) is 5.64. The number of hydrogen-bond donors (Lipinski definition) is 2. The molecule has 0 atom stereocenters. The van der Waals surface area contributed by atoms with Gasteiger partial charge in [-0.3, -0.25) is 4.79 Å². The summed E-state index contributed by atoms with van der Waals surface area (Å²) in [4.78, 5) is 19.9. The van der Waals surface area contributed by atoms with Crippen LogP contribution in [0.25, 0.3) is 22.7 Å². The van der Waals surface area contributed by atoms with Crippen LogP contribution in [0.2, 0.25) is 0 Å². The summed E-state index contributed by atoms with van der Waals surface area (Å²) in [7, 11) is 1.48. The van der Waals surface area contributed by atoms with Crippen LogP contribution in [0.15, 0.2) is 59.1 Å². The van der Waals surface area contributed by atoms with Crippen molar-refractivity contribution in [1.29, 1.82) is 5.26 Å². The number of rotatable bonds is 7. The van der Waals surface area contributed by atoms with Gasteiger partial charge >= 0.3 is 0 Å². The van der Waals surface area contributed by atoms with E-state index in [-0.39, 0.29) is 6.61 Å². The highest BCUT2D eigenvalue weighted by atomic mass is 79.9. The molecular formula is C26H20BrFN4O3. The highest BCUT2D eigenvalue weighted by Crippen LogP contribution is 2.37. The fourth-order valence-corrected chi connectivity index (χ4v) is 3.98. The van der Waals surface area contributed by atoms with Crippen molar-refractivity contribution in [3.05, 3.63) is 81.8 Å². The van der Waals surface area contributed by atoms with Crippen molar-refractivity contribution in [3.8, 4) is 17.6 Å². The first kappa shape index (κ1) is 24.0. The van der Waals surface area contributed by atoms with E-state index >= 15 is 0 Å². The van der Waals surface area contributed by atoms with Gasteiger partial charge in [-0.1, -0.05) is 6.07 Å². The van der Waals surface area contributed by atoms with Gasteiger partial charge in [0.05, 0.1) is 28.2 Å². The van der Waals surface area contributed by atoms with Crippen LogP contribution in [0.1, 0.15) is 17.0 Å². The highest BCUT2D eigenvalue weighted by molar-refractivity contribution is 9.10. The number of methoxy groups -OCH3 is 1. The molecule has 0 radical (unpaired) electrons. The Hall–Kier alpha value is -4.16. The molecule has 0 fully saturated rings. The first-order valence-electron chi connectivity index (χ1n) is 10.5. The number of carbonyl (C=O) groups excluding carboxylic acids is 1. The summed E-state index contributed by atoms with van der Waals surface area (Å²) < 4.78 is 24.7. The van der Waals surface area contributed by atoms with Gasteiger partial charge in [0.1, 0.15) is 17.7 Å². The Labute approximate surface area is 209 Å². The number of ether oxygens (including phenoxy) is 2. The van der Waals surface area contributed by atoms with E-state index in [2.05, 4.69) is 37.3 Å². The Morgan fingerprint density at radius 1 is 1.23 bits per heavy atom. The fraction of sp³-hybridized carbons (Fsp3) is 0.115. The molecule has 2 N–H and O–H groups in total. The van der Waals surface area contributed by atoms with Gasteiger partial charge in [0.15, 0.2) is 18.1 Å². The van der Waals surface area contributed by atoms with Gasteiger partial charge in [0.25, 0.3) is 5.91 Å². The Kier molecular flexibility index (Phi) is 7.13. The molecule has 1 amide bonds. The SMILES string of the molecule is COc1cc(/C=C(/C#N)c2nc3ccc(C)cc3[nH]2)cc(Br)c1OCC(=O)Nc1ccc(F)cc1. The first-order valence-corrected chi connectivity index (χ1v) is 11.3. The molecule has 1 heterocycles. The molecule has 7 nitrogen and oxygen atoms in total. The Morgan fingerprint density at radius 2 is 2.00 bits per heavy atom. The van der Waals surface area contributed by atoms with Gasteiger partial charge in [-0.2, -0.15) is 5.26 Å². The number of aryl methyl sites for hydroxylation is 1. The zero-order valence-electron chi connectivity index (χ0n) is 18.9. The van der Waals surface area contributed by atoms with Crippen molar-refractivity contribution in [1.82, 2.24) is 9.97 Å². The Balaban J connectivity index is 1.54. The monoisotopic (exact) mass is 534 g/mol. The summed E-state index contributed by atoms with van der Waals surface area (Å²) in [5, 5.41) is 12.4. The lowest BCUT2D eigenvalue weighted by Gasteiger charge is -2.14. The van der Waals surface area contributed by atoms with E-state index in [0.29, 0.717) is 38.6 Å². The van der Waals surface area contributed by atoms with E-state index < -0.39 is 11.7 Å². The average Bonchev–Trinajstić information content (AvgIpc) is 3.26. The molecule has 0 aliphatic carbocycles. The lowest BCUT2D eigenvalue weighted by atomic mass is 10.1. The zero-order chi connectivity index (χ0) is 24.9. The van der Waals surface area contributed by atoms with Crippen LogP contribution in [-0.4, -0.2) is 29.6 Å². The summed E-state index contributed by atoms with van der Waals surface area (Å²) in [6, 6.07) is 16.9. The highest BCUT2D eigenvalue weighted by Gasteiger charge is 2.15. The number of allylic oxidation sites excluding steroid dienone is 1. The molecule has 4 aromatic rings. The number of aromatic amines is 1. The fourth-order valence-electron chi connectivity index (χ4n) is 3.40. The number of anilines is 1. The molecule has 0 spiro atoms. The summed E-state index contributed by atoms with van der Waals surface area (Å²) in [6.07, 6.45) is 1.68. The van der Waals surface area contributed by atoms with E-state index in [1.807, 2.05) is 25.1 Å². The Bertz CT molecular complexity index is 1470. The number of fused-ring (bicyclic) bond motifs is 1. The number of H-pyrrole nitrogens is 1. The minimum atomic E-state index is -0.415. The summed E-state index contributed by atoms with van der Waals surface area (Å²) in [5.41, 5.74) is 4.18. The number of nitrogens with zero attached hydrogens (tertiary/aromatic N) is 2. The predicted molar refractivity (Wildman–Crippen MR) is 136 cm³/mol. The van der Waals surface area contributed by atoms with Crippen LogP contribution >= 0.6 is 15.9 Å². The van der Waals surface area contributed by atoms with Crippen molar-refractivity contribution in [3.63, 3.8) is 0 Å². The van der Waals surface area contributed by atoms with Crippen molar-refractivity contribution in [2.24, 2.45) is 0 Å². The van der Waals surface area contributed by atoms with Crippen molar-refractivity contribution in [2.45, 2.75) is 6.92 Å². The molecule has 176 valence electrons. The largest absolute Gasteiger partial charge is 0.493 e. The number of aromatic nitrogens is 2. The smallest absolute Gasteiger partial charge is 0.262 e. The summed E-state index contributed by atoms with van der Waals surface area (Å²) in [5.74, 6) is 0.355. The number of amides is 1. The molecule has 0 saturated carbocycles. The van der Waals surface area contributed by atoms with Crippen molar-refractivity contribution < 1.29 is 18.7 Å². The van der Waals surface area contributed by atoms with Crippen LogP contribution in [0.4, 0.5) is 10.1 Å². The van der Waals surface area contributed by atoms with Crippen LogP contribution in [0, 0.1) is 24.1 Å². The van der Waals surface area contributed by atoms with E-state index in [4.69, 9.17) is 9.47 Å². The molecule has 9 heteroatoms. The average molecular weight is 535 g/mol. The maximum atomic E-state index is 13.0. The quantitative estimate of drug-likeness (QED) is 0.289. The number of imidazole rings is 1. The van der Waals surface area contributed by atoms with Gasteiger partial charge in [0.2, 0.25) is 0 Å². The number of hydrogen-bond acceptors (Lipinski definition) is 5. The molecule has 1 aromatic heterocycles. The van der Waals surface area contributed by atoms with E-state index in [1.54, 1.807) is 18.2 Å². The molecule has 0 unspecified atom stereocenters. The normalized spacial score (nSPS) is 11.2. The van der Waals surface area contributed by atoms with Crippen LogP contribution in [-0.2, 0) is 4.79 Å². The van der Waals surface area contributed by atoms with Gasteiger partial charge in [-0.05, 0) is 88.6 Å². The van der Waals surface area contributed by atoms with Crippen molar-refractivity contribution >= 4 is 50.2 Å². The van der Waals surface area contributed by atoms with Crippen LogP contribution in [0.5, 0.6) is 11.5 Å². The van der Waals surface area contributed by atoms with Crippen LogP contribution < -0.4 is 14.8 Å². The maximum Gasteiger partial charge on any atom is 0.262 e. The molecule has 3 aromatic carbocycles. The molecule has 4 rings (SSSR count). The van der Waals surface area contributed by atoms with E-state index in [0.717, 1.165) is 16.6 Å². The van der Waals surface area contributed by atoms with E-state index in [1.165, 1.54) is 31.4 Å². The van der Waals surface area contributed by atoms with Gasteiger partial charge in [-0.15, -0.1) is 0 Å². The third-order valence-electron chi connectivity index (χ3n) is 5.05. The predicted octanol–water partition coefficient (Wildman–Crippen LogP) is 5.86. The molecule has 0 bridgehead atoms. The number of carbonyl (C=O) groups is 1. The van der Waals surface area contributed by atoms with Gasteiger partial charge < -0.3 is 19.8 Å². The second-order valence-electron chi connectivity index (χ2n) is 7.65. The Morgan fingerprint density at radius 3 is 2.71 bits per heavy atom. The second-order valence-corrected chi connectivity index (χ2v) is 8.51. The van der Waals surface area contributed by atoms with Gasteiger partial charge in [0, 0.05) is 5.69 Å². The summed E-state index contributed by atoms with van der Waals surface area (Å²) in [6.45, 7) is 1.70. The minimum Gasteiger partial charge on any atom is -0.493 e. The third kappa shape index (κ3) is 5.67.